The summed E-state index contributed by atoms with van der Waals surface area (Å²) in [5.74, 6) is 1.74. The largest absolute Gasteiger partial charge is 0.480 e. The number of likely N-dealkylation sites (N-methyl/N-ethyl adjacent to an activating group) is 1. The molecule has 0 spiro atoms. The first kappa shape index (κ1) is 19.1. The van der Waals surface area contributed by atoms with Crippen LogP contribution in [0.5, 0.6) is 5.75 Å². The molecular formula is C22H25N5O2. The van der Waals surface area contributed by atoms with Gasteiger partial charge in [0.25, 0.3) is 5.91 Å². The van der Waals surface area contributed by atoms with Gasteiger partial charge in [0.1, 0.15) is 23.7 Å². The van der Waals surface area contributed by atoms with E-state index in [0.29, 0.717) is 11.6 Å². The zero-order valence-electron chi connectivity index (χ0n) is 16.7. The van der Waals surface area contributed by atoms with E-state index in [-0.39, 0.29) is 5.91 Å². The molecule has 150 valence electrons. The highest BCUT2D eigenvalue weighted by molar-refractivity contribution is 5.94. The van der Waals surface area contributed by atoms with Crippen molar-refractivity contribution in [3.05, 3.63) is 54.9 Å². The Hall–Kier alpha value is -3.19. The number of aromatic nitrogens is 2. The van der Waals surface area contributed by atoms with Crippen molar-refractivity contribution < 1.29 is 9.53 Å². The Balaban J connectivity index is 1.43. The van der Waals surface area contributed by atoms with Gasteiger partial charge < -0.3 is 19.9 Å². The third-order valence-corrected chi connectivity index (χ3v) is 5.15. The maximum atomic E-state index is 12.7. The Labute approximate surface area is 170 Å². The van der Waals surface area contributed by atoms with Crippen LogP contribution in [-0.2, 0) is 4.79 Å². The van der Waals surface area contributed by atoms with Gasteiger partial charge in [0.05, 0.1) is 0 Å². The third-order valence-electron chi connectivity index (χ3n) is 5.15. The number of piperazine rings is 1. The molecule has 3 aromatic rings. The lowest BCUT2D eigenvalue weighted by molar-refractivity contribution is -0.122. The number of rotatable bonds is 5. The lowest BCUT2D eigenvalue weighted by atomic mass is 10.1. The molecule has 4 rings (SSSR count). The summed E-state index contributed by atoms with van der Waals surface area (Å²) in [5.41, 5.74) is 0. The highest BCUT2D eigenvalue weighted by atomic mass is 16.5. The van der Waals surface area contributed by atoms with Crippen molar-refractivity contribution in [2.24, 2.45) is 0 Å². The molecule has 2 heterocycles. The van der Waals surface area contributed by atoms with Gasteiger partial charge in [-0.15, -0.1) is 0 Å². The quantitative estimate of drug-likeness (QED) is 0.721. The maximum absolute atomic E-state index is 12.7. The fourth-order valence-corrected chi connectivity index (χ4v) is 3.39. The molecule has 7 nitrogen and oxygen atoms in total. The summed E-state index contributed by atoms with van der Waals surface area (Å²) in [6.07, 6.45) is 0.822. The molecule has 7 heteroatoms. The minimum absolute atomic E-state index is 0.249. The Morgan fingerprint density at radius 1 is 1.07 bits per heavy atom. The predicted octanol–water partition coefficient (Wildman–Crippen LogP) is 2.79. The van der Waals surface area contributed by atoms with Crippen LogP contribution in [0.15, 0.2) is 54.9 Å². The maximum Gasteiger partial charge on any atom is 0.266 e. The van der Waals surface area contributed by atoms with Gasteiger partial charge in [-0.2, -0.15) is 0 Å². The van der Waals surface area contributed by atoms with E-state index in [0.717, 1.165) is 42.8 Å². The molecule has 1 aliphatic rings. The number of ether oxygens (including phenoxy) is 1. The van der Waals surface area contributed by atoms with Gasteiger partial charge >= 0.3 is 0 Å². The van der Waals surface area contributed by atoms with Crippen molar-refractivity contribution >= 4 is 28.3 Å². The monoisotopic (exact) mass is 391 g/mol. The van der Waals surface area contributed by atoms with Gasteiger partial charge in [-0.1, -0.05) is 36.4 Å². The lowest BCUT2D eigenvalue weighted by Crippen LogP contribution is -2.44. The van der Waals surface area contributed by atoms with Crippen LogP contribution in [0.1, 0.15) is 6.92 Å². The van der Waals surface area contributed by atoms with E-state index in [1.165, 1.54) is 6.33 Å². The first-order valence-electron chi connectivity index (χ1n) is 9.81. The van der Waals surface area contributed by atoms with Crippen LogP contribution in [0.4, 0.5) is 11.6 Å². The van der Waals surface area contributed by atoms with Crippen LogP contribution in [0.25, 0.3) is 10.8 Å². The highest BCUT2D eigenvalue weighted by Crippen LogP contribution is 2.26. The Morgan fingerprint density at radius 3 is 2.66 bits per heavy atom. The van der Waals surface area contributed by atoms with Crippen molar-refractivity contribution in [3.8, 4) is 5.75 Å². The topological polar surface area (TPSA) is 70.6 Å². The van der Waals surface area contributed by atoms with E-state index in [1.807, 2.05) is 48.5 Å². The van der Waals surface area contributed by atoms with Crippen LogP contribution in [-0.4, -0.2) is 60.1 Å². The molecule has 1 amide bonds. The summed E-state index contributed by atoms with van der Waals surface area (Å²) in [6.45, 7) is 5.52. The van der Waals surface area contributed by atoms with Crippen molar-refractivity contribution in [1.29, 1.82) is 0 Å². The lowest BCUT2D eigenvalue weighted by Gasteiger charge is -2.33. The second-order valence-electron chi connectivity index (χ2n) is 7.28. The number of benzene rings is 2. The van der Waals surface area contributed by atoms with E-state index in [4.69, 9.17) is 4.74 Å². The third kappa shape index (κ3) is 4.46. The van der Waals surface area contributed by atoms with Crippen LogP contribution in [0.2, 0.25) is 0 Å². The molecule has 0 aliphatic carbocycles. The number of hydrogen-bond acceptors (Lipinski definition) is 6. The summed E-state index contributed by atoms with van der Waals surface area (Å²) in [6, 6.07) is 15.6. The number of nitrogens with one attached hydrogen (secondary N) is 1. The normalized spacial score (nSPS) is 15.9. The molecule has 0 bridgehead atoms. The average molecular weight is 391 g/mol. The Kier molecular flexibility index (Phi) is 5.57. The molecular weight excluding hydrogens is 366 g/mol. The van der Waals surface area contributed by atoms with Gasteiger partial charge in [-0.3, -0.25) is 4.79 Å². The number of carbonyl (C=O) groups is 1. The van der Waals surface area contributed by atoms with Crippen molar-refractivity contribution in [3.63, 3.8) is 0 Å². The highest BCUT2D eigenvalue weighted by Gasteiger charge is 2.19. The van der Waals surface area contributed by atoms with Crippen LogP contribution in [0.3, 0.4) is 0 Å². The van der Waals surface area contributed by atoms with Gasteiger partial charge in [0.15, 0.2) is 6.10 Å². The van der Waals surface area contributed by atoms with Crippen LogP contribution < -0.4 is 15.0 Å². The number of hydrogen-bond donors (Lipinski definition) is 1. The molecule has 1 aromatic heterocycles. The van der Waals surface area contributed by atoms with Crippen LogP contribution >= 0.6 is 0 Å². The van der Waals surface area contributed by atoms with Crippen molar-refractivity contribution in [2.45, 2.75) is 13.0 Å². The molecule has 1 fully saturated rings. The molecule has 2 aromatic carbocycles. The van der Waals surface area contributed by atoms with Gasteiger partial charge in [0.2, 0.25) is 0 Å². The van der Waals surface area contributed by atoms with Gasteiger partial charge in [0, 0.05) is 37.6 Å². The zero-order chi connectivity index (χ0) is 20.2. The summed E-state index contributed by atoms with van der Waals surface area (Å²) in [5, 5.41) is 4.90. The molecule has 1 atom stereocenters. The average Bonchev–Trinajstić information content (AvgIpc) is 2.74. The van der Waals surface area contributed by atoms with E-state index in [1.54, 1.807) is 6.92 Å². The van der Waals surface area contributed by atoms with Crippen molar-refractivity contribution in [2.75, 3.05) is 43.4 Å². The first-order chi connectivity index (χ1) is 14.1. The second kappa shape index (κ2) is 8.45. The van der Waals surface area contributed by atoms with E-state index >= 15 is 0 Å². The summed E-state index contributed by atoms with van der Waals surface area (Å²) < 4.78 is 5.95. The Morgan fingerprint density at radius 2 is 1.83 bits per heavy atom. The summed E-state index contributed by atoms with van der Waals surface area (Å²) >= 11 is 0. The number of carbonyl (C=O) groups excluding carboxylic acids is 1. The minimum atomic E-state index is -0.664. The zero-order valence-corrected chi connectivity index (χ0v) is 16.7. The number of nitrogens with zero attached hydrogens (tertiary/aromatic N) is 4. The molecule has 1 aliphatic heterocycles. The standard InChI is InChI=1S/C22H25N5O2/c1-16(29-19-9-5-7-17-6-3-4-8-18(17)19)22(28)25-20-14-21(24-15-23-20)27-12-10-26(2)11-13-27/h3-9,14-16H,10-13H2,1-2H3,(H,23,24,25,28). The minimum Gasteiger partial charge on any atom is -0.480 e. The van der Waals surface area contributed by atoms with Gasteiger partial charge in [-0.25, -0.2) is 9.97 Å². The fraction of sp³-hybridized carbons (Fsp3) is 0.318. The fourth-order valence-electron chi connectivity index (χ4n) is 3.39. The summed E-state index contributed by atoms with van der Waals surface area (Å²) in [7, 11) is 2.11. The molecule has 1 saturated heterocycles. The van der Waals surface area contributed by atoms with Crippen LogP contribution in [0, 0.1) is 0 Å². The molecule has 1 N–H and O–H groups in total. The smallest absolute Gasteiger partial charge is 0.266 e. The van der Waals surface area contributed by atoms with E-state index in [9.17, 15) is 4.79 Å². The molecule has 0 radical (unpaired) electrons. The molecule has 29 heavy (non-hydrogen) atoms. The summed E-state index contributed by atoms with van der Waals surface area (Å²) in [4.78, 5) is 25.7. The molecule has 0 saturated carbocycles. The number of fused-ring (bicyclic) bond motifs is 1. The van der Waals surface area contributed by atoms with Gasteiger partial charge in [-0.05, 0) is 25.4 Å². The van der Waals surface area contributed by atoms with E-state index < -0.39 is 6.10 Å². The van der Waals surface area contributed by atoms with Crippen molar-refractivity contribution in [1.82, 2.24) is 14.9 Å². The first-order valence-corrected chi connectivity index (χ1v) is 9.81. The van der Waals surface area contributed by atoms with E-state index in [2.05, 4.69) is 32.1 Å². The number of amides is 1. The Bertz CT molecular complexity index is 996. The predicted molar refractivity (Wildman–Crippen MR) is 114 cm³/mol. The molecule has 1 unspecified atom stereocenters. The number of anilines is 2. The SMILES string of the molecule is CC(Oc1cccc2ccccc12)C(=O)Nc1cc(N2CCN(C)CC2)ncn1. The second-order valence-corrected chi connectivity index (χ2v) is 7.28.